The van der Waals surface area contributed by atoms with Crippen LogP contribution in [0.1, 0.15) is 24.0 Å². The van der Waals surface area contributed by atoms with Crippen molar-refractivity contribution in [1.82, 2.24) is 19.9 Å². The first kappa shape index (κ1) is 24.0. The van der Waals surface area contributed by atoms with Gasteiger partial charge in [0.05, 0.1) is 10.8 Å². The summed E-state index contributed by atoms with van der Waals surface area (Å²) in [5, 5.41) is 0.0665. The molecule has 0 aliphatic carbocycles. The average Bonchev–Trinajstić information content (AvgIpc) is 2.74. The molecule has 0 aliphatic heterocycles. The van der Waals surface area contributed by atoms with Gasteiger partial charge in [-0.2, -0.15) is 4.98 Å². The van der Waals surface area contributed by atoms with E-state index in [9.17, 15) is 16.8 Å². The van der Waals surface area contributed by atoms with Gasteiger partial charge in [0.15, 0.2) is 9.84 Å². The number of rotatable bonds is 9. The number of hydrogen-bond donors (Lipinski definition) is 0. The lowest BCUT2D eigenvalue weighted by Crippen LogP contribution is -2.09. The first-order chi connectivity index (χ1) is 15.0. The number of aromatic nitrogens is 4. The molecule has 0 saturated heterocycles. The van der Waals surface area contributed by atoms with E-state index in [-0.39, 0.29) is 22.5 Å². The molecule has 0 N–H and O–H groups in total. The first-order valence-electron chi connectivity index (χ1n) is 9.56. The number of nitrogens with zero attached hydrogens (tertiary/aromatic N) is 4. The second-order valence-electron chi connectivity index (χ2n) is 6.99. The molecule has 3 aromatic rings. The second kappa shape index (κ2) is 9.88. The summed E-state index contributed by atoms with van der Waals surface area (Å²) >= 11 is 5.79. The highest BCUT2D eigenvalue weighted by atomic mass is 35.5. The van der Waals surface area contributed by atoms with Gasteiger partial charge in [-0.3, -0.25) is 0 Å². The van der Waals surface area contributed by atoms with Crippen molar-refractivity contribution in [2.24, 2.45) is 0 Å². The molecule has 0 atom stereocenters. The zero-order valence-corrected chi connectivity index (χ0v) is 19.8. The molecule has 2 heterocycles. The molecule has 0 saturated carbocycles. The van der Waals surface area contributed by atoms with E-state index in [2.05, 4.69) is 19.9 Å². The monoisotopic (exact) mass is 496 g/mol. The molecule has 0 amide bonds. The summed E-state index contributed by atoms with van der Waals surface area (Å²) in [6.07, 6.45) is 4.75. The van der Waals surface area contributed by atoms with Crippen LogP contribution >= 0.6 is 11.6 Å². The van der Waals surface area contributed by atoms with Crippen LogP contribution in [0.2, 0.25) is 5.02 Å². The smallest absolute Gasteiger partial charge is 0.250 e. The SMILES string of the molecule is CCS(=O)(=O)Cc1ccc(Oc2cc(CCc3ncc(Cl)cn3)nc(S(C)(=O)=O)n2)cc1. The van der Waals surface area contributed by atoms with Gasteiger partial charge in [-0.1, -0.05) is 30.7 Å². The van der Waals surface area contributed by atoms with Crippen LogP contribution in [0, 0.1) is 0 Å². The van der Waals surface area contributed by atoms with Crippen molar-refractivity contribution in [3.63, 3.8) is 0 Å². The first-order valence-corrected chi connectivity index (χ1v) is 13.6. The molecule has 3 rings (SSSR count). The van der Waals surface area contributed by atoms with Crippen molar-refractivity contribution in [1.29, 1.82) is 0 Å². The molecule has 0 unspecified atom stereocenters. The second-order valence-corrected chi connectivity index (χ2v) is 11.7. The maximum absolute atomic E-state index is 12.0. The van der Waals surface area contributed by atoms with Crippen LogP contribution in [0.4, 0.5) is 0 Å². The van der Waals surface area contributed by atoms with Gasteiger partial charge >= 0.3 is 0 Å². The molecule has 9 nitrogen and oxygen atoms in total. The van der Waals surface area contributed by atoms with E-state index in [0.29, 0.717) is 40.7 Å². The molecule has 32 heavy (non-hydrogen) atoms. The zero-order valence-electron chi connectivity index (χ0n) is 17.4. The fraction of sp³-hybridized carbons (Fsp3) is 0.300. The molecule has 2 aromatic heterocycles. The summed E-state index contributed by atoms with van der Waals surface area (Å²) in [5.74, 6) is 0.972. The van der Waals surface area contributed by atoms with Crippen LogP contribution in [-0.4, -0.2) is 48.8 Å². The highest BCUT2D eigenvalue weighted by Crippen LogP contribution is 2.23. The topological polar surface area (TPSA) is 129 Å². The van der Waals surface area contributed by atoms with Crippen LogP contribution in [0.5, 0.6) is 11.6 Å². The van der Waals surface area contributed by atoms with Crippen molar-refractivity contribution in [2.75, 3.05) is 12.0 Å². The fourth-order valence-corrected chi connectivity index (χ4v) is 4.17. The Morgan fingerprint density at radius 3 is 2.22 bits per heavy atom. The molecule has 0 spiro atoms. The largest absolute Gasteiger partial charge is 0.439 e. The Kier molecular flexibility index (Phi) is 7.42. The molecule has 0 fully saturated rings. The van der Waals surface area contributed by atoms with E-state index in [1.54, 1.807) is 37.3 Å². The van der Waals surface area contributed by atoms with Crippen molar-refractivity contribution < 1.29 is 21.6 Å². The normalized spacial score (nSPS) is 12.0. The highest BCUT2D eigenvalue weighted by Gasteiger charge is 2.16. The van der Waals surface area contributed by atoms with Gasteiger partial charge in [-0.05, 0) is 24.1 Å². The van der Waals surface area contributed by atoms with Crippen LogP contribution in [-0.2, 0) is 38.3 Å². The van der Waals surface area contributed by atoms with Crippen LogP contribution in [0.25, 0.3) is 0 Å². The summed E-state index contributed by atoms with van der Waals surface area (Å²) in [6, 6.07) is 8.02. The minimum absolute atomic E-state index is 0.0568. The Balaban J connectivity index is 1.80. The zero-order chi connectivity index (χ0) is 23.4. The molecule has 0 aliphatic rings. The number of hydrogen-bond acceptors (Lipinski definition) is 9. The van der Waals surface area contributed by atoms with Gasteiger partial charge in [0, 0.05) is 42.6 Å². The van der Waals surface area contributed by atoms with E-state index in [0.717, 1.165) is 6.26 Å². The third-order valence-electron chi connectivity index (χ3n) is 4.32. The van der Waals surface area contributed by atoms with Gasteiger partial charge in [0.25, 0.3) is 0 Å². The molecule has 0 radical (unpaired) electrons. The molecular formula is C20H21ClN4O5S2. The summed E-state index contributed by atoms with van der Waals surface area (Å²) in [6.45, 7) is 1.60. The molecule has 170 valence electrons. The summed E-state index contributed by atoms with van der Waals surface area (Å²) in [7, 11) is -6.83. The Morgan fingerprint density at radius 1 is 0.969 bits per heavy atom. The Bertz CT molecular complexity index is 1300. The van der Waals surface area contributed by atoms with Crippen molar-refractivity contribution in [2.45, 2.75) is 30.7 Å². The van der Waals surface area contributed by atoms with Crippen molar-refractivity contribution in [3.8, 4) is 11.6 Å². The van der Waals surface area contributed by atoms with Crippen LogP contribution in [0.3, 0.4) is 0 Å². The van der Waals surface area contributed by atoms with Crippen LogP contribution in [0.15, 0.2) is 47.9 Å². The minimum Gasteiger partial charge on any atom is -0.439 e. The van der Waals surface area contributed by atoms with Gasteiger partial charge in [0.2, 0.25) is 20.9 Å². The Hall–Kier alpha value is -2.63. The molecule has 12 heteroatoms. The number of benzene rings is 1. The number of ether oxygens (including phenoxy) is 1. The van der Waals surface area contributed by atoms with Gasteiger partial charge in [-0.15, -0.1) is 0 Å². The number of halogens is 1. The van der Waals surface area contributed by atoms with E-state index < -0.39 is 19.7 Å². The van der Waals surface area contributed by atoms with Crippen molar-refractivity contribution >= 4 is 31.3 Å². The lowest BCUT2D eigenvalue weighted by Gasteiger charge is -2.09. The Morgan fingerprint density at radius 2 is 1.62 bits per heavy atom. The van der Waals surface area contributed by atoms with E-state index >= 15 is 0 Å². The summed E-state index contributed by atoms with van der Waals surface area (Å²) in [4.78, 5) is 16.3. The standard InChI is InChI=1S/C20H21ClN4O5S2/c1-3-32(28,29)13-14-4-7-17(8-5-14)30-19-10-16(24-20(25-19)31(2,26)27)6-9-18-22-11-15(21)12-23-18/h4-5,7-8,10-12H,3,6,9,13H2,1-2H3. The van der Waals surface area contributed by atoms with Crippen molar-refractivity contribution in [3.05, 3.63) is 64.8 Å². The quantitative estimate of drug-likeness (QED) is 0.410. The molecule has 1 aromatic carbocycles. The highest BCUT2D eigenvalue weighted by molar-refractivity contribution is 7.90. The lowest BCUT2D eigenvalue weighted by atomic mass is 10.2. The van der Waals surface area contributed by atoms with E-state index in [1.165, 1.54) is 12.4 Å². The maximum Gasteiger partial charge on any atom is 0.250 e. The lowest BCUT2D eigenvalue weighted by molar-refractivity contribution is 0.451. The summed E-state index contributed by atoms with van der Waals surface area (Å²) < 4.78 is 53.3. The maximum atomic E-state index is 12.0. The van der Waals surface area contributed by atoms with Gasteiger partial charge < -0.3 is 4.74 Å². The summed E-state index contributed by atoms with van der Waals surface area (Å²) in [5.41, 5.74) is 1.07. The van der Waals surface area contributed by atoms with E-state index in [1.807, 2.05) is 0 Å². The average molecular weight is 497 g/mol. The molecule has 0 bridgehead atoms. The van der Waals surface area contributed by atoms with Crippen LogP contribution < -0.4 is 4.74 Å². The Labute approximate surface area is 191 Å². The predicted octanol–water partition coefficient (Wildman–Crippen LogP) is 2.84. The van der Waals surface area contributed by atoms with E-state index in [4.69, 9.17) is 16.3 Å². The third kappa shape index (κ3) is 6.94. The molecular weight excluding hydrogens is 476 g/mol. The predicted molar refractivity (Wildman–Crippen MR) is 119 cm³/mol. The number of sulfone groups is 2. The number of aryl methyl sites for hydroxylation is 2. The van der Waals surface area contributed by atoms with Gasteiger partial charge in [-0.25, -0.2) is 31.8 Å². The van der Waals surface area contributed by atoms with Gasteiger partial charge in [0.1, 0.15) is 11.6 Å². The third-order valence-corrected chi connectivity index (χ3v) is 7.01. The minimum atomic E-state index is -3.68. The fourth-order valence-electron chi connectivity index (χ4n) is 2.63.